The SMILES string of the molecule is CCN1CCN(c2ncc(C(=O)N(CC)CC)cn2)CC1. The monoisotopic (exact) mass is 291 g/mol. The summed E-state index contributed by atoms with van der Waals surface area (Å²) in [5.74, 6) is 0.726. The van der Waals surface area contributed by atoms with Crippen molar-refractivity contribution in [3.05, 3.63) is 18.0 Å². The summed E-state index contributed by atoms with van der Waals surface area (Å²) in [7, 11) is 0. The molecule has 6 nitrogen and oxygen atoms in total. The molecule has 0 saturated carbocycles. The number of amides is 1. The second kappa shape index (κ2) is 7.36. The van der Waals surface area contributed by atoms with Crippen LogP contribution in [-0.2, 0) is 0 Å². The Kier molecular flexibility index (Phi) is 5.50. The zero-order valence-electron chi connectivity index (χ0n) is 13.2. The van der Waals surface area contributed by atoms with Crippen LogP contribution in [0.3, 0.4) is 0 Å². The van der Waals surface area contributed by atoms with Gasteiger partial charge >= 0.3 is 0 Å². The van der Waals surface area contributed by atoms with Gasteiger partial charge in [-0.15, -0.1) is 0 Å². The number of hydrogen-bond acceptors (Lipinski definition) is 5. The molecule has 0 N–H and O–H groups in total. The molecule has 1 aromatic rings. The first-order chi connectivity index (χ1) is 10.2. The van der Waals surface area contributed by atoms with E-state index >= 15 is 0 Å². The van der Waals surface area contributed by atoms with Gasteiger partial charge in [0.1, 0.15) is 0 Å². The van der Waals surface area contributed by atoms with E-state index in [1.54, 1.807) is 17.3 Å². The van der Waals surface area contributed by atoms with Crippen molar-refractivity contribution in [3.8, 4) is 0 Å². The molecule has 0 spiro atoms. The molecule has 0 bridgehead atoms. The number of likely N-dealkylation sites (N-methyl/N-ethyl adjacent to an activating group) is 1. The summed E-state index contributed by atoms with van der Waals surface area (Å²) in [4.78, 5) is 27.3. The molecule has 0 aliphatic carbocycles. The first-order valence-corrected chi connectivity index (χ1v) is 7.78. The van der Waals surface area contributed by atoms with Gasteiger partial charge in [-0.3, -0.25) is 4.79 Å². The molecule has 6 heteroatoms. The average molecular weight is 291 g/mol. The zero-order valence-corrected chi connectivity index (χ0v) is 13.2. The Bertz CT molecular complexity index is 450. The van der Waals surface area contributed by atoms with Crippen molar-refractivity contribution in [2.45, 2.75) is 20.8 Å². The van der Waals surface area contributed by atoms with Crippen LogP contribution >= 0.6 is 0 Å². The van der Waals surface area contributed by atoms with E-state index < -0.39 is 0 Å². The highest BCUT2D eigenvalue weighted by molar-refractivity contribution is 5.93. The second-order valence-corrected chi connectivity index (χ2v) is 5.17. The molecule has 1 aliphatic rings. The lowest BCUT2D eigenvalue weighted by Gasteiger charge is -2.33. The molecular weight excluding hydrogens is 266 g/mol. The number of carbonyl (C=O) groups is 1. The van der Waals surface area contributed by atoms with E-state index in [-0.39, 0.29) is 5.91 Å². The van der Waals surface area contributed by atoms with Gasteiger partial charge in [-0.05, 0) is 20.4 Å². The van der Waals surface area contributed by atoms with E-state index in [4.69, 9.17) is 0 Å². The fourth-order valence-corrected chi connectivity index (χ4v) is 2.55. The van der Waals surface area contributed by atoms with Crippen molar-refractivity contribution >= 4 is 11.9 Å². The van der Waals surface area contributed by atoms with Crippen LogP contribution in [0.5, 0.6) is 0 Å². The largest absolute Gasteiger partial charge is 0.339 e. The lowest BCUT2D eigenvalue weighted by atomic mass is 10.3. The number of hydrogen-bond donors (Lipinski definition) is 0. The van der Waals surface area contributed by atoms with Gasteiger partial charge in [0, 0.05) is 51.7 Å². The highest BCUT2D eigenvalue weighted by Crippen LogP contribution is 2.11. The molecule has 1 saturated heterocycles. The van der Waals surface area contributed by atoms with Gasteiger partial charge in [-0.1, -0.05) is 6.92 Å². The molecule has 0 atom stereocenters. The van der Waals surface area contributed by atoms with Crippen molar-refractivity contribution < 1.29 is 4.79 Å². The molecule has 0 unspecified atom stereocenters. The van der Waals surface area contributed by atoms with Crippen molar-refractivity contribution in [3.63, 3.8) is 0 Å². The number of carbonyl (C=O) groups excluding carboxylic acids is 1. The number of piperazine rings is 1. The smallest absolute Gasteiger partial charge is 0.256 e. The maximum atomic E-state index is 12.2. The molecule has 1 aliphatic heterocycles. The molecule has 1 amide bonds. The third-order valence-corrected chi connectivity index (χ3v) is 4.04. The third-order valence-electron chi connectivity index (χ3n) is 4.04. The maximum absolute atomic E-state index is 12.2. The summed E-state index contributed by atoms with van der Waals surface area (Å²) < 4.78 is 0. The molecule has 116 valence electrons. The van der Waals surface area contributed by atoms with Gasteiger partial charge in [-0.25, -0.2) is 9.97 Å². The zero-order chi connectivity index (χ0) is 15.2. The summed E-state index contributed by atoms with van der Waals surface area (Å²) >= 11 is 0. The van der Waals surface area contributed by atoms with Crippen molar-refractivity contribution in [2.75, 3.05) is 50.7 Å². The Labute approximate surface area is 126 Å². The van der Waals surface area contributed by atoms with Crippen molar-refractivity contribution in [1.29, 1.82) is 0 Å². The lowest BCUT2D eigenvalue weighted by molar-refractivity contribution is 0.0772. The Morgan fingerprint density at radius 1 is 1.10 bits per heavy atom. The van der Waals surface area contributed by atoms with Gasteiger partial charge in [0.05, 0.1) is 5.56 Å². The van der Waals surface area contributed by atoms with Gasteiger partial charge in [-0.2, -0.15) is 0 Å². The van der Waals surface area contributed by atoms with Crippen LogP contribution in [0.1, 0.15) is 31.1 Å². The van der Waals surface area contributed by atoms with E-state index in [0.717, 1.165) is 38.7 Å². The minimum Gasteiger partial charge on any atom is -0.339 e. The Hall–Kier alpha value is -1.69. The highest BCUT2D eigenvalue weighted by Gasteiger charge is 2.19. The summed E-state index contributed by atoms with van der Waals surface area (Å²) in [6.07, 6.45) is 3.30. The predicted octanol–water partition coefficient (Wildman–Crippen LogP) is 1.10. The summed E-state index contributed by atoms with van der Waals surface area (Å²) in [5.41, 5.74) is 0.564. The van der Waals surface area contributed by atoms with Crippen LogP contribution in [0.25, 0.3) is 0 Å². The highest BCUT2D eigenvalue weighted by atomic mass is 16.2. The summed E-state index contributed by atoms with van der Waals surface area (Å²) in [5, 5.41) is 0. The van der Waals surface area contributed by atoms with Gasteiger partial charge in [0.2, 0.25) is 5.95 Å². The van der Waals surface area contributed by atoms with Crippen LogP contribution in [0, 0.1) is 0 Å². The number of nitrogens with zero attached hydrogens (tertiary/aromatic N) is 5. The molecule has 2 rings (SSSR count). The fraction of sp³-hybridized carbons (Fsp3) is 0.667. The minimum atomic E-state index is 0.00218. The Morgan fingerprint density at radius 3 is 2.14 bits per heavy atom. The quantitative estimate of drug-likeness (QED) is 0.813. The minimum absolute atomic E-state index is 0.00218. The molecule has 0 aromatic carbocycles. The number of aromatic nitrogens is 2. The van der Waals surface area contributed by atoms with Crippen molar-refractivity contribution in [2.24, 2.45) is 0 Å². The predicted molar refractivity (Wildman–Crippen MR) is 83.6 cm³/mol. The van der Waals surface area contributed by atoms with Gasteiger partial charge < -0.3 is 14.7 Å². The Balaban J connectivity index is 2.01. The van der Waals surface area contributed by atoms with Gasteiger partial charge in [0.15, 0.2) is 0 Å². The Morgan fingerprint density at radius 2 is 1.67 bits per heavy atom. The van der Waals surface area contributed by atoms with E-state index in [9.17, 15) is 4.79 Å². The first-order valence-electron chi connectivity index (χ1n) is 7.78. The molecule has 1 aromatic heterocycles. The first kappa shape index (κ1) is 15.7. The number of anilines is 1. The van der Waals surface area contributed by atoms with Crippen molar-refractivity contribution in [1.82, 2.24) is 19.8 Å². The van der Waals surface area contributed by atoms with Crippen LogP contribution in [0.15, 0.2) is 12.4 Å². The summed E-state index contributed by atoms with van der Waals surface area (Å²) in [6, 6.07) is 0. The average Bonchev–Trinajstić information content (AvgIpc) is 2.56. The van der Waals surface area contributed by atoms with E-state index in [2.05, 4.69) is 26.7 Å². The van der Waals surface area contributed by atoms with E-state index in [1.807, 2.05) is 13.8 Å². The van der Waals surface area contributed by atoms with Gasteiger partial charge in [0.25, 0.3) is 5.91 Å². The molecule has 1 fully saturated rings. The maximum Gasteiger partial charge on any atom is 0.256 e. The normalized spacial score (nSPS) is 16.0. The van der Waals surface area contributed by atoms with Crippen LogP contribution in [0.2, 0.25) is 0 Å². The summed E-state index contributed by atoms with van der Waals surface area (Å²) in [6.45, 7) is 12.6. The van der Waals surface area contributed by atoms with Crippen LogP contribution in [0.4, 0.5) is 5.95 Å². The molecule has 0 radical (unpaired) electrons. The van der Waals surface area contributed by atoms with Crippen LogP contribution in [-0.4, -0.2) is 71.5 Å². The fourth-order valence-electron chi connectivity index (χ4n) is 2.55. The number of rotatable bonds is 5. The molecule has 2 heterocycles. The lowest BCUT2D eigenvalue weighted by Crippen LogP contribution is -2.46. The van der Waals surface area contributed by atoms with E-state index in [0.29, 0.717) is 18.7 Å². The third kappa shape index (κ3) is 3.69. The van der Waals surface area contributed by atoms with E-state index in [1.165, 1.54) is 0 Å². The molecular formula is C15H25N5O. The topological polar surface area (TPSA) is 52.6 Å². The second-order valence-electron chi connectivity index (χ2n) is 5.17. The molecule has 21 heavy (non-hydrogen) atoms. The standard InChI is InChI=1S/C15H25N5O/c1-4-18-7-9-20(10-8-18)15-16-11-13(12-17-15)14(21)19(5-2)6-3/h11-12H,4-10H2,1-3H3. The van der Waals surface area contributed by atoms with Crippen LogP contribution < -0.4 is 4.90 Å².